The zero-order valence-corrected chi connectivity index (χ0v) is 12.9. The van der Waals surface area contributed by atoms with Crippen LogP contribution in [0.1, 0.15) is 13.8 Å². The summed E-state index contributed by atoms with van der Waals surface area (Å²) in [6.45, 7) is 5.62. The van der Waals surface area contributed by atoms with Crippen LogP contribution in [-0.4, -0.2) is 54.1 Å². The molecule has 19 heavy (non-hydrogen) atoms. The molecule has 0 radical (unpaired) electrons. The van der Waals surface area contributed by atoms with E-state index < -0.39 is 0 Å². The fourth-order valence-electron chi connectivity index (χ4n) is 1.50. The first kappa shape index (κ1) is 18.3. The van der Waals surface area contributed by atoms with E-state index in [1.54, 1.807) is 28.4 Å². The van der Waals surface area contributed by atoms with E-state index >= 15 is 0 Å². The van der Waals surface area contributed by atoms with Crippen LogP contribution in [0, 0.1) is 0 Å². The van der Waals surface area contributed by atoms with Gasteiger partial charge in [-0.05, 0) is 26.0 Å². The maximum absolute atomic E-state index is 5.11. The first-order chi connectivity index (χ1) is 9.07. The number of hydrogen-bond donors (Lipinski definition) is 1. The molecule has 0 aliphatic heterocycles. The summed E-state index contributed by atoms with van der Waals surface area (Å²) in [4.78, 5) is 0. The lowest BCUT2D eigenvalue weighted by molar-refractivity contribution is -0.0672. The van der Waals surface area contributed by atoms with Crippen LogP contribution in [0.3, 0.4) is 0 Å². The van der Waals surface area contributed by atoms with Gasteiger partial charge in [0.05, 0.1) is 0 Å². The summed E-state index contributed by atoms with van der Waals surface area (Å²) in [6, 6.07) is 0. The predicted octanol–water partition coefficient (Wildman–Crippen LogP) is 1.71. The molecule has 0 saturated carbocycles. The van der Waals surface area contributed by atoms with Gasteiger partial charge in [-0.2, -0.15) is 0 Å². The quantitative estimate of drug-likeness (QED) is 0.485. The molecule has 0 atom stereocenters. The molecule has 0 saturated heterocycles. The third-order valence-electron chi connectivity index (χ3n) is 2.58. The molecule has 5 heteroatoms. The molecule has 112 valence electrons. The van der Waals surface area contributed by atoms with Gasteiger partial charge < -0.3 is 24.3 Å². The van der Waals surface area contributed by atoms with Crippen molar-refractivity contribution < 1.29 is 18.9 Å². The number of hydrogen-bond acceptors (Lipinski definition) is 5. The van der Waals surface area contributed by atoms with E-state index in [0.29, 0.717) is 0 Å². The molecule has 0 bridgehead atoms. The second-order valence-electron chi connectivity index (χ2n) is 4.31. The van der Waals surface area contributed by atoms with Crippen molar-refractivity contribution in [2.45, 2.75) is 26.4 Å². The first-order valence-corrected chi connectivity index (χ1v) is 6.23. The highest BCUT2D eigenvalue weighted by Gasteiger charge is 2.02. The van der Waals surface area contributed by atoms with Crippen molar-refractivity contribution in [3.05, 3.63) is 23.3 Å². The Hall–Kier alpha value is -0.720. The van der Waals surface area contributed by atoms with Crippen molar-refractivity contribution in [2.24, 2.45) is 0 Å². The van der Waals surface area contributed by atoms with E-state index in [2.05, 4.69) is 5.32 Å². The van der Waals surface area contributed by atoms with Gasteiger partial charge in [0.2, 0.25) is 0 Å². The van der Waals surface area contributed by atoms with Crippen LogP contribution < -0.4 is 5.32 Å². The molecule has 0 unspecified atom stereocenters. The smallest absolute Gasteiger partial charge is 0.176 e. The van der Waals surface area contributed by atoms with E-state index in [1.165, 1.54) is 0 Å². The van der Waals surface area contributed by atoms with Gasteiger partial charge in [0, 0.05) is 41.5 Å². The number of rotatable bonds is 10. The molecule has 0 aromatic rings. The Morgan fingerprint density at radius 1 is 0.789 bits per heavy atom. The Morgan fingerprint density at radius 3 is 1.37 bits per heavy atom. The summed E-state index contributed by atoms with van der Waals surface area (Å²) >= 11 is 0. The monoisotopic (exact) mass is 273 g/mol. The molecular formula is C14H27NO4. The van der Waals surface area contributed by atoms with Crippen LogP contribution in [0.25, 0.3) is 0 Å². The maximum atomic E-state index is 5.11. The zero-order valence-electron chi connectivity index (χ0n) is 12.9. The summed E-state index contributed by atoms with van der Waals surface area (Å²) in [5.41, 5.74) is 2.33. The van der Waals surface area contributed by atoms with Crippen molar-refractivity contribution >= 4 is 0 Å². The molecule has 0 aliphatic rings. The molecular weight excluding hydrogens is 246 g/mol. The average molecular weight is 273 g/mol. The number of methoxy groups -OCH3 is 4. The molecule has 1 N–H and O–H groups in total. The highest BCUT2D eigenvalue weighted by molar-refractivity contribution is 5.06. The zero-order chi connectivity index (χ0) is 14.7. The minimum atomic E-state index is -0.287. The van der Waals surface area contributed by atoms with Gasteiger partial charge in [0.15, 0.2) is 12.6 Å². The standard InChI is InChI=1S/C14H27NO4/c1-11(7-13(16-3)17-4)9-15-10-12(2)8-14(18-5)19-6/h7-8,13-15H,9-10H2,1-6H3/b11-7+,12-8+. The molecule has 0 rings (SSSR count). The van der Waals surface area contributed by atoms with Gasteiger partial charge in [0.1, 0.15) is 0 Å². The van der Waals surface area contributed by atoms with E-state index in [1.807, 2.05) is 26.0 Å². The summed E-state index contributed by atoms with van der Waals surface area (Å²) in [5, 5.41) is 3.33. The molecule has 0 fully saturated rings. The van der Waals surface area contributed by atoms with Crippen LogP contribution in [0.5, 0.6) is 0 Å². The predicted molar refractivity (Wildman–Crippen MR) is 76.0 cm³/mol. The largest absolute Gasteiger partial charge is 0.352 e. The van der Waals surface area contributed by atoms with E-state index in [-0.39, 0.29) is 12.6 Å². The Kier molecular flexibility index (Phi) is 10.7. The highest BCUT2D eigenvalue weighted by Crippen LogP contribution is 2.01. The minimum Gasteiger partial charge on any atom is -0.352 e. The maximum Gasteiger partial charge on any atom is 0.176 e. The SMILES string of the molecule is COC(/C=C(\C)CNC/C(C)=C/C(OC)OC)OC. The van der Waals surface area contributed by atoms with Crippen molar-refractivity contribution in [2.75, 3.05) is 41.5 Å². The Labute approximate surface area is 116 Å². The van der Waals surface area contributed by atoms with Crippen LogP contribution in [0.15, 0.2) is 23.3 Å². The first-order valence-electron chi connectivity index (χ1n) is 6.23. The van der Waals surface area contributed by atoms with E-state index in [0.717, 1.165) is 24.2 Å². The third kappa shape index (κ3) is 8.91. The van der Waals surface area contributed by atoms with Gasteiger partial charge >= 0.3 is 0 Å². The molecule has 0 heterocycles. The second kappa shape index (κ2) is 11.1. The molecule has 0 amide bonds. The molecule has 0 aliphatic carbocycles. The van der Waals surface area contributed by atoms with Crippen molar-refractivity contribution in [3.8, 4) is 0 Å². The summed E-state index contributed by atoms with van der Waals surface area (Å²) in [7, 11) is 6.48. The normalized spacial score (nSPS) is 13.7. The van der Waals surface area contributed by atoms with Gasteiger partial charge in [0.25, 0.3) is 0 Å². The fourth-order valence-corrected chi connectivity index (χ4v) is 1.50. The highest BCUT2D eigenvalue weighted by atomic mass is 16.7. The summed E-state index contributed by atoms with van der Waals surface area (Å²) in [6.07, 6.45) is 3.31. The molecule has 5 nitrogen and oxygen atoms in total. The van der Waals surface area contributed by atoms with Crippen LogP contribution >= 0.6 is 0 Å². The molecule has 0 spiro atoms. The van der Waals surface area contributed by atoms with E-state index in [9.17, 15) is 0 Å². The van der Waals surface area contributed by atoms with Crippen LogP contribution in [0.2, 0.25) is 0 Å². The van der Waals surface area contributed by atoms with Crippen molar-refractivity contribution in [3.63, 3.8) is 0 Å². The molecule has 0 aromatic heterocycles. The van der Waals surface area contributed by atoms with Crippen molar-refractivity contribution in [1.82, 2.24) is 5.32 Å². The van der Waals surface area contributed by atoms with Gasteiger partial charge in [-0.3, -0.25) is 0 Å². The second-order valence-corrected chi connectivity index (χ2v) is 4.31. The van der Waals surface area contributed by atoms with Crippen LogP contribution in [-0.2, 0) is 18.9 Å². The van der Waals surface area contributed by atoms with E-state index in [4.69, 9.17) is 18.9 Å². The van der Waals surface area contributed by atoms with Crippen LogP contribution in [0.4, 0.5) is 0 Å². The average Bonchev–Trinajstić information content (AvgIpc) is 2.42. The minimum absolute atomic E-state index is 0.287. The Bertz CT molecular complexity index is 253. The third-order valence-corrected chi connectivity index (χ3v) is 2.58. The lowest BCUT2D eigenvalue weighted by Crippen LogP contribution is -2.21. The topological polar surface area (TPSA) is 49.0 Å². The summed E-state index contributed by atoms with van der Waals surface area (Å²) < 4.78 is 20.4. The Balaban J connectivity index is 4.08. The summed E-state index contributed by atoms with van der Waals surface area (Å²) in [5.74, 6) is 0. The number of ether oxygens (including phenoxy) is 4. The van der Waals surface area contributed by atoms with Gasteiger partial charge in [-0.15, -0.1) is 0 Å². The van der Waals surface area contributed by atoms with Crippen molar-refractivity contribution in [1.29, 1.82) is 0 Å². The van der Waals surface area contributed by atoms with Gasteiger partial charge in [-0.1, -0.05) is 11.1 Å². The molecule has 0 aromatic carbocycles. The lowest BCUT2D eigenvalue weighted by Gasteiger charge is -2.12. The fraction of sp³-hybridized carbons (Fsp3) is 0.714. The number of nitrogens with one attached hydrogen (secondary N) is 1. The van der Waals surface area contributed by atoms with Gasteiger partial charge in [-0.25, -0.2) is 0 Å². The Morgan fingerprint density at radius 2 is 1.11 bits per heavy atom. The lowest BCUT2D eigenvalue weighted by atomic mass is 10.2.